The average molecular weight is 273 g/mol. The van der Waals surface area contributed by atoms with Crippen molar-refractivity contribution in [2.75, 3.05) is 19.6 Å². The number of carboxylic acid groups (broad SMARTS) is 1. The Morgan fingerprint density at radius 1 is 1.21 bits per heavy atom. The third-order valence-electron chi connectivity index (χ3n) is 2.82. The second kappa shape index (κ2) is 7.73. The third-order valence-corrected chi connectivity index (χ3v) is 2.82. The highest BCUT2D eigenvalue weighted by atomic mass is 16.4. The SMILES string of the molecule is CCCNC(=O)NC(=O)CN(CC)C(C)(C)C(=O)O. The topological polar surface area (TPSA) is 98.7 Å². The molecule has 0 aliphatic carbocycles. The fourth-order valence-corrected chi connectivity index (χ4v) is 1.46. The summed E-state index contributed by atoms with van der Waals surface area (Å²) in [6, 6.07) is -0.559. The maximum absolute atomic E-state index is 11.6. The molecular formula is C12H23N3O4. The summed E-state index contributed by atoms with van der Waals surface area (Å²) in [5, 5.41) is 13.8. The van der Waals surface area contributed by atoms with E-state index in [0.29, 0.717) is 13.1 Å². The summed E-state index contributed by atoms with van der Waals surface area (Å²) in [6.07, 6.45) is 0.773. The zero-order valence-corrected chi connectivity index (χ0v) is 11.9. The molecule has 19 heavy (non-hydrogen) atoms. The maximum Gasteiger partial charge on any atom is 0.323 e. The average Bonchev–Trinajstić information content (AvgIpc) is 2.32. The molecule has 3 N–H and O–H groups in total. The van der Waals surface area contributed by atoms with Gasteiger partial charge in [-0.15, -0.1) is 0 Å². The van der Waals surface area contributed by atoms with Crippen LogP contribution in [0.15, 0.2) is 0 Å². The van der Waals surface area contributed by atoms with Crippen molar-refractivity contribution in [1.82, 2.24) is 15.5 Å². The maximum atomic E-state index is 11.6. The fourth-order valence-electron chi connectivity index (χ4n) is 1.46. The number of rotatable bonds is 7. The number of hydrogen-bond acceptors (Lipinski definition) is 4. The van der Waals surface area contributed by atoms with Gasteiger partial charge in [0.1, 0.15) is 5.54 Å². The molecule has 0 saturated carbocycles. The van der Waals surface area contributed by atoms with Gasteiger partial charge >= 0.3 is 12.0 Å². The van der Waals surface area contributed by atoms with E-state index < -0.39 is 23.4 Å². The first-order valence-corrected chi connectivity index (χ1v) is 6.31. The van der Waals surface area contributed by atoms with Gasteiger partial charge in [0, 0.05) is 6.54 Å². The number of carboxylic acids is 1. The van der Waals surface area contributed by atoms with Crippen LogP contribution in [-0.4, -0.2) is 53.1 Å². The van der Waals surface area contributed by atoms with Crippen molar-refractivity contribution in [2.45, 2.75) is 39.7 Å². The normalized spacial score (nSPS) is 11.2. The van der Waals surface area contributed by atoms with Crippen molar-refractivity contribution in [2.24, 2.45) is 0 Å². The van der Waals surface area contributed by atoms with Crippen LogP contribution in [-0.2, 0) is 9.59 Å². The van der Waals surface area contributed by atoms with Gasteiger partial charge in [-0.05, 0) is 26.8 Å². The Morgan fingerprint density at radius 2 is 1.79 bits per heavy atom. The molecule has 0 saturated heterocycles. The van der Waals surface area contributed by atoms with Gasteiger partial charge < -0.3 is 10.4 Å². The molecule has 0 aliphatic rings. The van der Waals surface area contributed by atoms with Crippen LogP contribution in [0.1, 0.15) is 34.1 Å². The van der Waals surface area contributed by atoms with Gasteiger partial charge in [-0.2, -0.15) is 0 Å². The molecule has 0 aliphatic heterocycles. The van der Waals surface area contributed by atoms with Crippen molar-refractivity contribution in [3.05, 3.63) is 0 Å². The van der Waals surface area contributed by atoms with Crippen LogP contribution in [0.25, 0.3) is 0 Å². The van der Waals surface area contributed by atoms with Gasteiger partial charge in [-0.25, -0.2) is 4.79 Å². The standard InChI is InChI=1S/C12H23N3O4/c1-5-7-13-11(19)14-9(16)8-15(6-2)12(3,4)10(17)18/h5-8H2,1-4H3,(H,17,18)(H2,13,14,16,19). The second-order valence-electron chi connectivity index (χ2n) is 4.68. The molecule has 0 radical (unpaired) electrons. The largest absolute Gasteiger partial charge is 0.480 e. The summed E-state index contributed by atoms with van der Waals surface area (Å²) >= 11 is 0. The third kappa shape index (κ3) is 5.69. The quantitative estimate of drug-likeness (QED) is 0.624. The molecule has 0 atom stereocenters. The predicted octanol–water partition coefficient (Wildman–Crippen LogP) is 0.407. The van der Waals surface area contributed by atoms with Crippen LogP contribution in [0.4, 0.5) is 4.79 Å². The summed E-state index contributed by atoms with van der Waals surface area (Å²) < 4.78 is 0. The highest BCUT2D eigenvalue weighted by Crippen LogP contribution is 2.13. The number of aliphatic carboxylic acids is 1. The number of urea groups is 1. The van der Waals surface area contributed by atoms with Gasteiger partial charge in [0.15, 0.2) is 0 Å². The lowest BCUT2D eigenvalue weighted by Gasteiger charge is -2.33. The molecular weight excluding hydrogens is 250 g/mol. The number of amides is 3. The molecule has 0 heterocycles. The summed E-state index contributed by atoms with van der Waals surface area (Å²) in [5.74, 6) is -1.54. The van der Waals surface area contributed by atoms with E-state index in [1.807, 2.05) is 6.92 Å². The number of hydrogen-bond donors (Lipinski definition) is 3. The van der Waals surface area contributed by atoms with Crippen molar-refractivity contribution < 1.29 is 19.5 Å². The van der Waals surface area contributed by atoms with Gasteiger partial charge in [-0.1, -0.05) is 13.8 Å². The van der Waals surface area contributed by atoms with Crippen LogP contribution >= 0.6 is 0 Å². The Morgan fingerprint density at radius 3 is 2.21 bits per heavy atom. The highest BCUT2D eigenvalue weighted by molar-refractivity contribution is 5.95. The molecule has 110 valence electrons. The monoisotopic (exact) mass is 273 g/mol. The Balaban J connectivity index is 4.44. The minimum atomic E-state index is -1.16. The molecule has 0 bridgehead atoms. The predicted molar refractivity (Wildman–Crippen MR) is 70.8 cm³/mol. The fraction of sp³-hybridized carbons (Fsp3) is 0.750. The highest BCUT2D eigenvalue weighted by Gasteiger charge is 2.34. The number of carbonyl (C=O) groups is 3. The molecule has 0 unspecified atom stereocenters. The number of carbonyl (C=O) groups excluding carboxylic acids is 2. The van der Waals surface area contributed by atoms with E-state index in [4.69, 9.17) is 5.11 Å². The van der Waals surface area contributed by atoms with Gasteiger partial charge in [0.25, 0.3) is 0 Å². The second-order valence-corrected chi connectivity index (χ2v) is 4.68. The molecule has 0 aromatic heterocycles. The molecule has 0 rings (SSSR count). The molecule has 0 aromatic rings. The Labute approximate surface area is 113 Å². The summed E-state index contributed by atoms with van der Waals surface area (Å²) in [5.41, 5.74) is -1.16. The Hall–Kier alpha value is -1.63. The molecule has 7 nitrogen and oxygen atoms in total. The number of nitrogens with one attached hydrogen (secondary N) is 2. The van der Waals surface area contributed by atoms with E-state index in [-0.39, 0.29) is 6.54 Å². The Kier molecular flexibility index (Phi) is 7.06. The van der Waals surface area contributed by atoms with Crippen LogP contribution < -0.4 is 10.6 Å². The molecule has 0 aromatic carbocycles. The van der Waals surface area contributed by atoms with E-state index in [1.165, 1.54) is 18.7 Å². The van der Waals surface area contributed by atoms with E-state index in [2.05, 4.69) is 10.6 Å². The smallest absolute Gasteiger partial charge is 0.323 e. The molecule has 0 spiro atoms. The molecule has 0 fully saturated rings. The molecule has 7 heteroatoms. The number of imide groups is 1. The van der Waals surface area contributed by atoms with Gasteiger partial charge in [0.2, 0.25) is 5.91 Å². The molecule has 3 amide bonds. The summed E-state index contributed by atoms with van der Waals surface area (Å²) in [7, 11) is 0. The summed E-state index contributed by atoms with van der Waals surface area (Å²) in [6.45, 7) is 7.42. The first kappa shape index (κ1) is 17.4. The Bertz CT molecular complexity index is 342. The lowest BCUT2D eigenvalue weighted by Crippen LogP contribution is -2.54. The van der Waals surface area contributed by atoms with E-state index >= 15 is 0 Å². The van der Waals surface area contributed by atoms with E-state index in [0.717, 1.165) is 6.42 Å². The minimum absolute atomic E-state index is 0.144. The first-order valence-electron chi connectivity index (χ1n) is 6.31. The van der Waals surface area contributed by atoms with Crippen molar-refractivity contribution >= 4 is 17.9 Å². The van der Waals surface area contributed by atoms with E-state index in [9.17, 15) is 14.4 Å². The van der Waals surface area contributed by atoms with Crippen molar-refractivity contribution in [1.29, 1.82) is 0 Å². The summed E-state index contributed by atoms with van der Waals surface area (Å²) in [4.78, 5) is 35.5. The van der Waals surface area contributed by atoms with Gasteiger partial charge in [-0.3, -0.25) is 19.8 Å². The van der Waals surface area contributed by atoms with Crippen molar-refractivity contribution in [3.8, 4) is 0 Å². The van der Waals surface area contributed by atoms with E-state index in [1.54, 1.807) is 6.92 Å². The lowest BCUT2D eigenvalue weighted by atomic mass is 10.0. The zero-order valence-electron chi connectivity index (χ0n) is 11.9. The van der Waals surface area contributed by atoms with Crippen LogP contribution in [0, 0.1) is 0 Å². The number of nitrogens with zero attached hydrogens (tertiary/aromatic N) is 1. The van der Waals surface area contributed by atoms with Crippen LogP contribution in [0.5, 0.6) is 0 Å². The zero-order chi connectivity index (χ0) is 15.1. The lowest BCUT2D eigenvalue weighted by molar-refractivity contribution is -0.149. The minimum Gasteiger partial charge on any atom is -0.480 e. The van der Waals surface area contributed by atoms with Gasteiger partial charge in [0.05, 0.1) is 6.54 Å². The van der Waals surface area contributed by atoms with Crippen LogP contribution in [0.2, 0.25) is 0 Å². The number of likely N-dealkylation sites (N-methyl/N-ethyl adjacent to an activating group) is 1. The first-order chi connectivity index (χ1) is 8.75. The van der Waals surface area contributed by atoms with Crippen molar-refractivity contribution in [3.63, 3.8) is 0 Å². The van der Waals surface area contributed by atoms with Crippen LogP contribution in [0.3, 0.4) is 0 Å².